The van der Waals surface area contributed by atoms with Crippen molar-refractivity contribution in [3.8, 4) is 0 Å². The van der Waals surface area contributed by atoms with Gasteiger partial charge in [0, 0.05) is 24.9 Å². The Hall–Kier alpha value is -0.820. The van der Waals surface area contributed by atoms with Gasteiger partial charge in [-0.2, -0.15) is 13.2 Å². The van der Waals surface area contributed by atoms with Gasteiger partial charge in [-0.15, -0.1) is 0 Å². The number of rotatable bonds is 2. The van der Waals surface area contributed by atoms with Gasteiger partial charge in [0.2, 0.25) is 5.91 Å². The minimum Gasteiger partial charge on any atom is -0.391 e. The molecule has 2 unspecified atom stereocenters. The number of carbonyl (C=O) groups is 1. The first-order valence-corrected chi connectivity index (χ1v) is 7.02. The van der Waals surface area contributed by atoms with E-state index in [0.29, 0.717) is 39.0 Å². The van der Waals surface area contributed by atoms with Crippen LogP contribution in [0.4, 0.5) is 13.2 Å². The van der Waals surface area contributed by atoms with Crippen LogP contribution in [0.1, 0.15) is 19.8 Å². The van der Waals surface area contributed by atoms with Gasteiger partial charge in [0.1, 0.15) is 0 Å². The largest absolute Gasteiger partial charge is 0.401 e. The Kier molecular flexibility index (Phi) is 4.59. The van der Waals surface area contributed by atoms with E-state index in [-0.39, 0.29) is 17.7 Å². The van der Waals surface area contributed by atoms with Crippen molar-refractivity contribution in [1.29, 1.82) is 0 Å². The summed E-state index contributed by atoms with van der Waals surface area (Å²) in [6.45, 7) is 2.51. The SMILES string of the molecule is CC1CN(C(=O)C2CCN(CC(F)(F)F)CC2)CC1O. The molecule has 0 spiro atoms. The fourth-order valence-corrected chi connectivity index (χ4v) is 2.98. The first-order chi connectivity index (χ1) is 9.26. The summed E-state index contributed by atoms with van der Waals surface area (Å²) in [7, 11) is 0. The van der Waals surface area contributed by atoms with E-state index in [0.717, 1.165) is 0 Å². The number of piperidine rings is 1. The Morgan fingerprint density at radius 2 is 1.85 bits per heavy atom. The molecule has 0 aromatic carbocycles. The number of carbonyl (C=O) groups excluding carboxylic acids is 1. The van der Waals surface area contributed by atoms with E-state index in [1.165, 1.54) is 4.90 Å². The number of likely N-dealkylation sites (tertiary alicyclic amines) is 2. The van der Waals surface area contributed by atoms with E-state index >= 15 is 0 Å². The van der Waals surface area contributed by atoms with E-state index < -0.39 is 18.8 Å². The Morgan fingerprint density at radius 1 is 1.25 bits per heavy atom. The van der Waals surface area contributed by atoms with Crippen molar-refractivity contribution in [2.24, 2.45) is 11.8 Å². The van der Waals surface area contributed by atoms with Crippen LogP contribution >= 0.6 is 0 Å². The van der Waals surface area contributed by atoms with Gasteiger partial charge in [-0.25, -0.2) is 0 Å². The van der Waals surface area contributed by atoms with E-state index in [4.69, 9.17) is 0 Å². The first kappa shape index (κ1) is 15.6. The van der Waals surface area contributed by atoms with Crippen molar-refractivity contribution in [2.75, 3.05) is 32.7 Å². The zero-order chi connectivity index (χ0) is 14.9. The van der Waals surface area contributed by atoms with Crippen LogP contribution in [0.5, 0.6) is 0 Å². The Labute approximate surface area is 116 Å². The van der Waals surface area contributed by atoms with Crippen molar-refractivity contribution in [3.05, 3.63) is 0 Å². The fraction of sp³-hybridized carbons (Fsp3) is 0.923. The molecule has 20 heavy (non-hydrogen) atoms. The first-order valence-electron chi connectivity index (χ1n) is 7.02. The average Bonchev–Trinajstić information content (AvgIpc) is 2.68. The molecule has 2 aliphatic rings. The number of alkyl halides is 3. The van der Waals surface area contributed by atoms with Crippen LogP contribution in [-0.2, 0) is 4.79 Å². The summed E-state index contributed by atoms with van der Waals surface area (Å²) in [4.78, 5) is 15.3. The minimum atomic E-state index is -4.18. The lowest BCUT2D eigenvalue weighted by atomic mass is 9.95. The number of nitrogens with zero attached hydrogens (tertiary/aromatic N) is 2. The molecular formula is C13H21F3N2O2. The maximum atomic E-state index is 12.3. The molecule has 2 atom stereocenters. The summed E-state index contributed by atoms with van der Waals surface area (Å²) in [5.41, 5.74) is 0. The van der Waals surface area contributed by atoms with Crippen molar-refractivity contribution in [3.63, 3.8) is 0 Å². The number of β-amino-alcohol motifs (C(OH)–C–C–N with tert-alkyl or cyclic N) is 1. The third-order valence-electron chi connectivity index (χ3n) is 4.22. The van der Waals surface area contributed by atoms with Gasteiger partial charge in [0.15, 0.2) is 0 Å². The highest BCUT2D eigenvalue weighted by Gasteiger charge is 2.37. The van der Waals surface area contributed by atoms with Crippen LogP contribution in [0.15, 0.2) is 0 Å². The number of hydrogen-bond donors (Lipinski definition) is 1. The van der Waals surface area contributed by atoms with Crippen LogP contribution in [-0.4, -0.2) is 65.8 Å². The number of aliphatic hydroxyl groups is 1. The molecule has 7 heteroatoms. The molecule has 0 aliphatic carbocycles. The fourth-order valence-electron chi connectivity index (χ4n) is 2.98. The molecule has 1 amide bonds. The van der Waals surface area contributed by atoms with E-state index in [2.05, 4.69) is 0 Å². The highest BCUT2D eigenvalue weighted by atomic mass is 19.4. The molecule has 0 bridgehead atoms. The molecule has 2 saturated heterocycles. The molecule has 1 N–H and O–H groups in total. The lowest BCUT2D eigenvalue weighted by Gasteiger charge is -2.33. The third-order valence-corrected chi connectivity index (χ3v) is 4.22. The normalized spacial score (nSPS) is 29.9. The van der Waals surface area contributed by atoms with Crippen LogP contribution in [0, 0.1) is 11.8 Å². The maximum absolute atomic E-state index is 12.3. The summed E-state index contributed by atoms with van der Waals surface area (Å²) in [5.74, 6) is -0.138. The Balaban J connectivity index is 1.80. The molecule has 2 aliphatic heterocycles. The van der Waals surface area contributed by atoms with Gasteiger partial charge >= 0.3 is 6.18 Å². The number of aliphatic hydroxyl groups excluding tert-OH is 1. The molecule has 0 saturated carbocycles. The average molecular weight is 294 g/mol. The maximum Gasteiger partial charge on any atom is 0.401 e. The van der Waals surface area contributed by atoms with Gasteiger partial charge < -0.3 is 10.0 Å². The molecule has 2 rings (SSSR count). The molecular weight excluding hydrogens is 273 g/mol. The number of hydrogen-bond acceptors (Lipinski definition) is 3. The summed E-state index contributed by atoms with van der Waals surface area (Å²) in [6.07, 6.45) is -3.72. The molecule has 116 valence electrons. The zero-order valence-corrected chi connectivity index (χ0v) is 11.6. The van der Waals surface area contributed by atoms with Crippen LogP contribution in [0.2, 0.25) is 0 Å². The van der Waals surface area contributed by atoms with Crippen molar-refractivity contribution < 1.29 is 23.1 Å². The van der Waals surface area contributed by atoms with Crippen LogP contribution in [0.25, 0.3) is 0 Å². The minimum absolute atomic E-state index is 0.0138. The number of halogens is 3. The highest BCUT2D eigenvalue weighted by molar-refractivity contribution is 5.79. The summed E-state index contributed by atoms with van der Waals surface area (Å²) >= 11 is 0. The lowest BCUT2D eigenvalue weighted by molar-refractivity contribution is -0.151. The standard InChI is InChI=1S/C13H21F3N2O2/c1-9-6-18(7-11(9)19)12(20)10-2-4-17(5-3-10)8-13(14,15)16/h9-11,19H,2-8H2,1H3. The van der Waals surface area contributed by atoms with E-state index in [1.807, 2.05) is 6.92 Å². The monoisotopic (exact) mass is 294 g/mol. The second-order valence-electron chi connectivity index (χ2n) is 5.95. The van der Waals surface area contributed by atoms with Crippen molar-refractivity contribution in [2.45, 2.75) is 32.0 Å². The second-order valence-corrected chi connectivity index (χ2v) is 5.95. The predicted octanol–water partition coefficient (Wildman–Crippen LogP) is 1.10. The molecule has 0 aromatic heterocycles. The van der Waals surface area contributed by atoms with Crippen molar-refractivity contribution >= 4 is 5.91 Å². The molecule has 2 heterocycles. The highest BCUT2D eigenvalue weighted by Crippen LogP contribution is 2.26. The predicted molar refractivity (Wildman–Crippen MR) is 67.0 cm³/mol. The molecule has 0 radical (unpaired) electrons. The van der Waals surface area contributed by atoms with Crippen molar-refractivity contribution in [1.82, 2.24) is 9.80 Å². The van der Waals surface area contributed by atoms with Crippen LogP contribution < -0.4 is 0 Å². The van der Waals surface area contributed by atoms with E-state index in [9.17, 15) is 23.1 Å². The molecule has 4 nitrogen and oxygen atoms in total. The summed E-state index contributed by atoms with van der Waals surface area (Å²) in [5, 5.41) is 9.66. The van der Waals surface area contributed by atoms with Gasteiger partial charge in [0.25, 0.3) is 0 Å². The van der Waals surface area contributed by atoms with Gasteiger partial charge in [-0.05, 0) is 25.9 Å². The quantitative estimate of drug-likeness (QED) is 0.829. The number of amides is 1. The van der Waals surface area contributed by atoms with Crippen LogP contribution in [0.3, 0.4) is 0 Å². The second kappa shape index (κ2) is 5.89. The van der Waals surface area contributed by atoms with Gasteiger partial charge in [-0.3, -0.25) is 9.69 Å². The van der Waals surface area contributed by atoms with E-state index in [1.54, 1.807) is 4.90 Å². The zero-order valence-electron chi connectivity index (χ0n) is 11.6. The third kappa shape index (κ3) is 3.85. The Bertz CT molecular complexity index is 344. The smallest absolute Gasteiger partial charge is 0.391 e. The Morgan fingerprint density at radius 3 is 2.30 bits per heavy atom. The molecule has 2 fully saturated rings. The lowest BCUT2D eigenvalue weighted by Crippen LogP contribution is -2.44. The topological polar surface area (TPSA) is 43.8 Å². The van der Waals surface area contributed by atoms with Gasteiger partial charge in [-0.1, -0.05) is 6.92 Å². The van der Waals surface area contributed by atoms with Gasteiger partial charge in [0.05, 0.1) is 12.6 Å². The summed E-state index contributed by atoms with van der Waals surface area (Å²) < 4.78 is 36.8. The summed E-state index contributed by atoms with van der Waals surface area (Å²) in [6, 6.07) is 0. The molecule has 0 aromatic rings.